The monoisotopic (exact) mass is 153 g/mol. The summed E-state index contributed by atoms with van der Waals surface area (Å²) in [6.07, 6.45) is 8.63. The average molecular weight is 153 g/mol. The minimum absolute atomic E-state index is 0.571. The lowest BCUT2D eigenvalue weighted by molar-refractivity contribution is 0.125. The first kappa shape index (κ1) is 7.60. The highest BCUT2D eigenvalue weighted by Crippen LogP contribution is 2.38. The van der Waals surface area contributed by atoms with Crippen molar-refractivity contribution >= 4 is 0 Å². The van der Waals surface area contributed by atoms with Gasteiger partial charge in [0.2, 0.25) is 0 Å². The van der Waals surface area contributed by atoms with Crippen molar-refractivity contribution in [2.24, 2.45) is 5.92 Å². The smallest absolute Gasteiger partial charge is 0.0181 e. The van der Waals surface area contributed by atoms with Crippen LogP contribution in [-0.4, -0.2) is 12.1 Å². The fourth-order valence-corrected chi connectivity index (χ4v) is 2.88. The summed E-state index contributed by atoms with van der Waals surface area (Å²) in [5.74, 6) is 1.06. The third kappa shape index (κ3) is 1.31. The summed E-state index contributed by atoms with van der Waals surface area (Å²) in [6, 6.07) is 0. The first-order valence-corrected chi connectivity index (χ1v) is 5.10. The zero-order valence-electron chi connectivity index (χ0n) is 7.53. The molecule has 0 aromatic carbocycles. The zero-order chi connectivity index (χ0) is 7.73. The van der Waals surface area contributed by atoms with E-state index >= 15 is 0 Å². The van der Waals surface area contributed by atoms with E-state index in [2.05, 4.69) is 12.2 Å². The summed E-state index contributed by atoms with van der Waals surface area (Å²) in [7, 11) is 0. The normalized spacial score (nSPS) is 43.9. The van der Waals surface area contributed by atoms with Gasteiger partial charge >= 0.3 is 0 Å². The summed E-state index contributed by atoms with van der Waals surface area (Å²) >= 11 is 0. The van der Waals surface area contributed by atoms with Gasteiger partial charge in [0.1, 0.15) is 0 Å². The average Bonchev–Trinajstić information content (AvgIpc) is 2.05. The van der Waals surface area contributed by atoms with E-state index in [9.17, 15) is 0 Å². The van der Waals surface area contributed by atoms with Gasteiger partial charge in [-0.25, -0.2) is 0 Å². The van der Waals surface area contributed by atoms with Gasteiger partial charge in [-0.2, -0.15) is 0 Å². The molecule has 1 N–H and O–H groups in total. The van der Waals surface area contributed by atoms with Gasteiger partial charge in [0.05, 0.1) is 0 Å². The molecule has 1 saturated carbocycles. The predicted molar refractivity (Wildman–Crippen MR) is 47.6 cm³/mol. The first-order valence-electron chi connectivity index (χ1n) is 5.10. The predicted octanol–water partition coefficient (Wildman–Crippen LogP) is 2.32. The molecule has 1 heteroatoms. The van der Waals surface area contributed by atoms with Crippen LogP contribution in [0.5, 0.6) is 0 Å². The molecule has 1 aliphatic carbocycles. The SMILES string of the molecule is CC[C@]12CCC[C@H](CCN1)C2. The van der Waals surface area contributed by atoms with Crippen LogP contribution in [0, 0.1) is 5.92 Å². The lowest BCUT2D eigenvalue weighted by Gasteiger charge is -2.45. The van der Waals surface area contributed by atoms with E-state index < -0.39 is 0 Å². The molecule has 2 fully saturated rings. The van der Waals surface area contributed by atoms with Crippen molar-refractivity contribution in [3.8, 4) is 0 Å². The van der Waals surface area contributed by atoms with Gasteiger partial charge in [-0.1, -0.05) is 19.8 Å². The lowest BCUT2D eigenvalue weighted by Crippen LogP contribution is -2.52. The van der Waals surface area contributed by atoms with Crippen LogP contribution in [-0.2, 0) is 0 Å². The molecule has 1 saturated heterocycles. The number of rotatable bonds is 1. The van der Waals surface area contributed by atoms with Crippen LogP contribution in [0.1, 0.15) is 45.4 Å². The third-order valence-corrected chi connectivity index (χ3v) is 3.68. The van der Waals surface area contributed by atoms with Crippen molar-refractivity contribution in [2.75, 3.05) is 6.54 Å². The summed E-state index contributed by atoms with van der Waals surface area (Å²) in [5, 5.41) is 3.71. The largest absolute Gasteiger partial charge is 0.311 e. The fourth-order valence-electron chi connectivity index (χ4n) is 2.88. The Morgan fingerprint density at radius 1 is 1.45 bits per heavy atom. The Bertz CT molecular complexity index is 132. The summed E-state index contributed by atoms with van der Waals surface area (Å²) in [5.41, 5.74) is 0.571. The Morgan fingerprint density at radius 2 is 2.36 bits per heavy atom. The Balaban J connectivity index is 2.07. The Labute approximate surface area is 69.6 Å². The molecule has 0 aromatic rings. The van der Waals surface area contributed by atoms with Gasteiger partial charge in [-0.05, 0) is 38.1 Å². The maximum atomic E-state index is 3.71. The van der Waals surface area contributed by atoms with Gasteiger partial charge in [0, 0.05) is 5.54 Å². The molecule has 2 aliphatic rings. The Hall–Kier alpha value is -0.0400. The highest BCUT2D eigenvalue weighted by Gasteiger charge is 2.36. The molecular formula is C10H19N. The van der Waals surface area contributed by atoms with Crippen LogP contribution in [0.3, 0.4) is 0 Å². The number of hydrogen-bond acceptors (Lipinski definition) is 1. The quantitative estimate of drug-likeness (QED) is 0.609. The summed E-state index contributed by atoms with van der Waals surface area (Å²) in [6.45, 7) is 3.61. The Morgan fingerprint density at radius 3 is 3.09 bits per heavy atom. The number of piperidine rings is 1. The summed E-state index contributed by atoms with van der Waals surface area (Å²) < 4.78 is 0. The van der Waals surface area contributed by atoms with Crippen LogP contribution in [0.25, 0.3) is 0 Å². The van der Waals surface area contributed by atoms with Crippen LogP contribution >= 0.6 is 0 Å². The standard InChI is InChI=1S/C10H19N/c1-2-10-6-3-4-9(8-10)5-7-11-10/h9,11H,2-8H2,1H3/t9-,10-/m1/s1. The van der Waals surface area contributed by atoms with Crippen molar-refractivity contribution in [3.05, 3.63) is 0 Å². The van der Waals surface area contributed by atoms with E-state index in [1.807, 2.05) is 0 Å². The molecule has 0 radical (unpaired) electrons. The van der Waals surface area contributed by atoms with Crippen molar-refractivity contribution < 1.29 is 0 Å². The number of nitrogens with one attached hydrogen (secondary N) is 1. The van der Waals surface area contributed by atoms with E-state index in [0.717, 1.165) is 5.92 Å². The molecular weight excluding hydrogens is 134 g/mol. The van der Waals surface area contributed by atoms with Crippen molar-refractivity contribution in [3.63, 3.8) is 0 Å². The first-order chi connectivity index (χ1) is 5.35. The molecule has 2 atom stereocenters. The minimum Gasteiger partial charge on any atom is -0.311 e. The van der Waals surface area contributed by atoms with Gasteiger partial charge < -0.3 is 5.32 Å². The van der Waals surface area contributed by atoms with E-state index in [0.29, 0.717) is 5.54 Å². The second-order valence-electron chi connectivity index (χ2n) is 4.31. The maximum absolute atomic E-state index is 3.71. The highest BCUT2D eigenvalue weighted by molar-refractivity contribution is 4.95. The molecule has 0 amide bonds. The molecule has 1 nitrogen and oxygen atoms in total. The van der Waals surface area contributed by atoms with E-state index in [1.54, 1.807) is 0 Å². The third-order valence-electron chi connectivity index (χ3n) is 3.68. The van der Waals surface area contributed by atoms with Gasteiger partial charge in [-0.3, -0.25) is 0 Å². The Kier molecular flexibility index (Phi) is 1.92. The maximum Gasteiger partial charge on any atom is 0.0181 e. The molecule has 1 heterocycles. The lowest BCUT2D eigenvalue weighted by atomic mass is 9.70. The minimum atomic E-state index is 0.571. The van der Waals surface area contributed by atoms with Crippen LogP contribution in [0.15, 0.2) is 0 Å². The number of fused-ring (bicyclic) bond motifs is 2. The topological polar surface area (TPSA) is 12.0 Å². The molecule has 0 spiro atoms. The van der Waals surface area contributed by atoms with Gasteiger partial charge in [-0.15, -0.1) is 0 Å². The van der Waals surface area contributed by atoms with Crippen molar-refractivity contribution in [1.29, 1.82) is 0 Å². The van der Waals surface area contributed by atoms with Gasteiger partial charge in [0.25, 0.3) is 0 Å². The van der Waals surface area contributed by atoms with Gasteiger partial charge in [0.15, 0.2) is 0 Å². The number of hydrogen-bond donors (Lipinski definition) is 1. The van der Waals surface area contributed by atoms with E-state index in [-0.39, 0.29) is 0 Å². The molecule has 64 valence electrons. The summed E-state index contributed by atoms with van der Waals surface area (Å²) in [4.78, 5) is 0. The van der Waals surface area contributed by atoms with E-state index in [1.165, 1.54) is 45.1 Å². The van der Waals surface area contributed by atoms with Crippen molar-refractivity contribution in [2.45, 2.75) is 51.0 Å². The van der Waals surface area contributed by atoms with Crippen LogP contribution < -0.4 is 5.32 Å². The highest BCUT2D eigenvalue weighted by atomic mass is 15.0. The van der Waals surface area contributed by atoms with Crippen LogP contribution in [0.2, 0.25) is 0 Å². The molecule has 2 bridgehead atoms. The molecule has 11 heavy (non-hydrogen) atoms. The molecule has 2 rings (SSSR count). The fraction of sp³-hybridized carbons (Fsp3) is 1.00. The second-order valence-corrected chi connectivity index (χ2v) is 4.31. The molecule has 0 aromatic heterocycles. The zero-order valence-corrected chi connectivity index (χ0v) is 7.53. The molecule has 0 unspecified atom stereocenters. The van der Waals surface area contributed by atoms with Crippen LogP contribution in [0.4, 0.5) is 0 Å². The van der Waals surface area contributed by atoms with Crippen molar-refractivity contribution in [1.82, 2.24) is 5.32 Å². The molecule has 1 aliphatic heterocycles. The second kappa shape index (κ2) is 2.78. The van der Waals surface area contributed by atoms with E-state index in [4.69, 9.17) is 0 Å².